The SMILES string of the molecule is CC(C)[C@H]1[C@@H]2C(=O)C[C@H]3CC[C@H](O[Si](c4ccccc4)(c4ccccc4)C(C)(C)C)[C@H]3[C@@H]21. The van der Waals surface area contributed by atoms with E-state index in [1.54, 1.807) is 0 Å². The molecule has 2 aromatic rings. The van der Waals surface area contributed by atoms with Gasteiger partial charge in [-0.2, -0.15) is 0 Å². The first-order valence-electron chi connectivity index (χ1n) is 12.6. The molecular formula is C29H38O2Si. The highest BCUT2D eigenvalue weighted by Gasteiger charge is 2.66. The second kappa shape index (κ2) is 7.95. The fraction of sp³-hybridized carbons (Fsp3) is 0.552. The van der Waals surface area contributed by atoms with Gasteiger partial charge in [-0.3, -0.25) is 4.79 Å². The predicted octanol–water partition coefficient (Wildman–Crippen LogP) is 5.45. The molecule has 0 bridgehead atoms. The number of benzene rings is 2. The van der Waals surface area contributed by atoms with Gasteiger partial charge in [0.1, 0.15) is 5.78 Å². The second-order valence-corrected chi connectivity index (χ2v) is 16.1. The molecule has 0 unspecified atom stereocenters. The van der Waals surface area contributed by atoms with Gasteiger partial charge >= 0.3 is 0 Å². The van der Waals surface area contributed by atoms with Crippen molar-refractivity contribution in [1.29, 1.82) is 0 Å². The number of fused-ring (bicyclic) bond motifs is 3. The Labute approximate surface area is 194 Å². The zero-order valence-electron chi connectivity index (χ0n) is 20.3. The topological polar surface area (TPSA) is 26.3 Å². The van der Waals surface area contributed by atoms with Crippen LogP contribution < -0.4 is 10.4 Å². The number of carbonyl (C=O) groups is 1. The zero-order valence-corrected chi connectivity index (χ0v) is 21.3. The van der Waals surface area contributed by atoms with E-state index in [0.717, 1.165) is 19.3 Å². The number of hydrogen-bond donors (Lipinski definition) is 0. The number of ketones is 1. The third-order valence-corrected chi connectivity index (χ3v) is 13.8. The van der Waals surface area contributed by atoms with Crippen LogP contribution in [0, 0.1) is 35.5 Å². The van der Waals surface area contributed by atoms with E-state index in [2.05, 4.69) is 95.3 Å². The molecule has 170 valence electrons. The Balaban J connectivity index is 1.58. The van der Waals surface area contributed by atoms with E-state index in [0.29, 0.717) is 41.3 Å². The Morgan fingerprint density at radius 3 is 1.94 bits per heavy atom. The van der Waals surface area contributed by atoms with E-state index in [4.69, 9.17) is 4.43 Å². The quantitative estimate of drug-likeness (QED) is 0.571. The van der Waals surface area contributed by atoms with Crippen molar-refractivity contribution in [2.75, 3.05) is 0 Å². The summed E-state index contributed by atoms with van der Waals surface area (Å²) in [5.74, 6) is 3.62. The van der Waals surface area contributed by atoms with Gasteiger partial charge in [-0.05, 0) is 57.8 Å². The van der Waals surface area contributed by atoms with Crippen LogP contribution in [0.3, 0.4) is 0 Å². The van der Waals surface area contributed by atoms with Crippen molar-refractivity contribution in [1.82, 2.24) is 0 Å². The molecule has 3 aliphatic rings. The van der Waals surface area contributed by atoms with E-state index in [1.807, 2.05) is 0 Å². The molecule has 2 aromatic carbocycles. The molecule has 0 aliphatic heterocycles. The first kappa shape index (κ1) is 22.1. The fourth-order valence-electron chi connectivity index (χ4n) is 7.46. The second-order valence-electron chi connectivity index (χ2n) is 11.8. The molecular weight excluding hydrogens is 408 g/mol. The van der Waals surface area contributed by atoms with E-state index in [1.165, 1.54) is 10.4 Å². The molecule has 0 spiro atoms. The summed E-state index contributed by atoms with van der Waals surface area (Å²) in [5.41, 5.74) is 0. The summed E-state index contributed by atoms with van der Waals surface area (Å²) in [4.78, 5) is 12.9. The van der Waals surface area contributed by atoms with Crippen molar-refractivity contribution in [2.45, 2.75) is 65.0 Å². The fourth-order valence-corrected chi connectivity index (χ4v) is 12.2. The van der Waals surface area contributed by atoms with Crippen molar-refractivity contribution in [2.24, 2.45) is 35.5 Å². The Hall–Kier alpha value is -1.71. The molecule has 0 radical (unpaired) electrons. The lowest BCUT2D eigenvalue weighted by Crippen LogP contribution is -2.68. The average molecular weight is 447 g/mol. The lowest BCUT2D eigenvalue weighted by molar-refractivity contribution is -0.124. The van der Waals surface area contributed by atoms with Crippen LogP contribution in [0.15, 0.2) is 60.7 Å². The number of rotatable bonds is 5. The van der Waals surface area contributed by atoms with Gasteiger partial charge in [0.2, 0.25) is 0 Å². The minimum absolute atomic E-state index is 0.00131. The van der Waals surface area contributed by atoms with Gasteiger partial charge in [0, 0.05) is 18.4 Å². The van der Waals surface area contributed by atoms with Crippen LogP contribution in [0.2, 0.25) is 5.04 Å². The number of Topliss-reactive ketones (excluding diaryl/α,β-unsaturated/α-hetero) is 1. The Morgan fingerprint density at radius 1 is 0.875 bits per heavy atom. The van der Waals surface area contributed by atoms with Gasteiger partial charge in [-0.1, -0.05) is 95.3 Å². The van der Waals surface area contributed by atoms with Crippen molar-refractivity contribution in [3.8, 4) is 0 Å². The molecule has 0 saturated heterocycles. The first-order chi connectivity index (χ1) is 15.3. The maximum atomic E-state index is 12.9. The van der Waals surface area contributed by atoms with Gasteiger partial charge in [0.25, 0.3) is 8.32 Å². The molecule has 3 aliphatic carbocycles. The van der Waals surface area contributed by atoms with E-state index < -0.39 is 8.32 Å². The molecule has 5 rings (SSSR count). The molecule has 3 heteroatoms. The summed E-state index contributed by atoms with van der Waals surface area (Å²) in [6.07, 6.45) is 3.29. The summed E-state index contributed by atoms with van der Waals surface area (Å²) in [6.45, 7) is 11.7. The maximum Gasteiger partial charge on any atom is 0.261 e. The van der Waals surface area contributed by atoms with Gasteiger partial charge in [-0.15, -0.1) is 0 Å². The molecule has 32 heavy (non-hydrogen) atoms. The van der Waals surface area contributed by atoms with Crippen molar-refractivity contribution >= 4 is 24.5 Å². The van der Waals surface area contributed by atoms with Crippen LogP contribution in [-0.2, 0) is 9.22 Å². The van der Waals surface area contributed by atoms with E-state index >= 15 is 0 Å². The highest BCUT2D eigenvalue weighted by Crippen LogP contribution is 2.65. The monoisotopic (exact) mass is 446 g/mol. The van der Waals surface area contributed by atoms with Gasteiger partial charge in [0.15, 0.2) is 0 Å². The van der Waals surface area contributed by atoms with Crippen LogP contribution in [0.25, 0.3) is 0 Å². The van der Waals surface area contributed by atoms with Gasteiger partial charge in [0.05, 0.1) is 0 Å². The average Bonchev–Trinajstić information content (AvgIpc) is 3.41. The molecule has 0 amide bonds. The van der Waals surface area contributed by atoms with Crippen molar-refractivity contribution < 1.29 is 9.22 Å². The Kier molecular flexibility index (Phi) is 5.49. The summed E-state index contributed by atoms with van der Waals surface area (Å²) in [7, 11) is -2.55. The summed E-state index contributed by atoms with van der Waals surface area (Å²) in [5, 5.41) is 2.72. The van der Waals surface area contributed by atoms with Gasteiger partial charge in [-0.25, -0.2) is 0 Å². The largest absolute Gasteiger partial charge is 0.404 e. The predicted molar refractivity (Wildman–Crippen MR) is 134 cm³/mol. The summed E-state index contributed by atoms with van der Waals surface area (Å²) < 4.78 is 7.59. The van der Waals surface area contributed by atoms with Crippen LogP contribution in [0.5, 0.6) is 0 Å². The Morgan fingerprint density at radius 2 is 1.44 bits per heavy atom. The number of carbonyl (C=O) groups excluding carboxylic acids is 1. The van der Waals surface area contributed by atoms with Crippen LogP contribution in [-0.4, -0.2) is 20.2 Å². The van der Waals surface area contributed by atoms with Crippen molar-refractivity contribution in [3.63, 3.8) is 0 Å². The zero-order chi connectivity index (χ0) is 22.7. The smallest absolute Gasteiger partial charge is 0.261 e. The maximum absolute atomic E-state index is 12.9. The molecule has 3 fully saturated rings. The first-order valence-corrected chi connectivity index (χ1v) is 14.5. The lowest BCUT2D eigenvalue weighted by Gasteiger charge is -2.46. The minimum Gasteiger partial charge on any atom is -0.404 e. The third-order valence-electron chi connectivity index (χ3n) is 8.72. The van der Waals surface area contributed by atoms with Crippen LogP contribution >= 0.6 is 0 Å². The van der Waals surface area contributed by atoms with E-state index in [9.17, 15) is 4.79 Å². The van der Waals surface area contributed by atoms with Crippen LogP contribution in [0.4, 0.5) is 0 Å². The molecule has 0 aromatic heterocycles. The molecule has 0 N–H and O–H groups in total. The summed E-state index contributed by atoms with van der Waals surface area (Å²) >= 11 is 0. The molecule has 6 atom stereocenters. The molecule has 0 heterocycles. The van der Waals surface area contributed by atoms with Crippen LogP contribution in [0.1, 0.15) is 53.9 Å². The number of hydrogen-bond acceptors (Lipinski definition) is 2. The lowest BCUT2D eigenvalue weighted by atomic mass is 9.80. The van der Waals surface area contributed by atoms with Gasteiger partial charge < -0.3 is 4.43 Å². The highest BCUT2D eigenvalue weighted by atomic mass is 28.4. The standard InChI is InChI=1S/C29H38O2Si/c1-19(2)25-27-23(30)18-20-16-17-24(26(20)28(25)27)31-32(29(3,4)5,21-12-8-6-9-13-21)22-14-10-7-11-15-22/h6-15,19-20,24-28H,16-18H2,1-5H3/t20-,24+,25+,26+,27+,28+/m1/s1. The van der Waals surface area contributed by atoms with E-state index in [-0.39, 0.29) is 11.1 Å². The highest BCUT2D eigenvalue weighted by molar-refractivity contribution is 6.99. The molecule has 2 nitrogen and oxygen atoms in total. The minimum atomic E-state index is -2.55. The summed E-state index contributed by atoms with van der Waals surface area (Å²) in [6, 6.07) is 22.0. The molecule has 3 saturated carbocycles. The Bertz CT molecular complexity index is 922. The van der Waals surface area contributed by atoms with Crippen molar-refractivity contribution in [3.05, 3.63) is 60.7 Å². The normalized spacial score (nSPS) is 32.0. The third kappa shape index (κ3) is 3.35.